The largest absolute Gasteiger partial charge is 0.326 e. The average Bonchev–Trinajstić information content (AvgIpc) is 2.89. The summed E-state index contributed by atoms with van der Waals surface area (Å²) in [7, 11) is -3.74. The van der Waals surface area contributed by atoms with Crippen LogP contribution in [-0.4, -0.2) is 14.3 Å². The average molecular weight is 363 g/mol. The summed E-state index contributed by atoms with van der Waals surface area (Å²) >= 11 is 11.3. The van der Waals surface area contributed by atoms with Crippen LogP contribution >= 0.6 is 23.2 Å². The Bertz CT molecular complexity index is 723. The van der Waals surface area contributed by atoms with Gasteiger partial charge in [0.05, 0.1) is 10.8 Å². The molecule has 0 heterocycles. The lowest BCUT2D eigenvalue weighted by molar-refractivity contribution is -0.118. The third-order valence-electron chi connectivity index (χ3n) is 3.95. The molecule has 3 N–H and O–H groups in total. The lowest BCUT2D eigenvalue weighted by Gasteiger charge is -2.07. The zero-order valence-corrected chi connectivity index (χ0v) is 14.3. The van der Waals surface area contributed by atoms with Crippen LogP contribution in [0.3, 0.4) is 0 Å². The second-order valence-electron chi connectivity index (χ2n) is 5.84. The van der Waals surface area contributed by atoms with Gasteiger partial charge in [-0.1, -0.05) is 37.0 Å². The van der Waals surface area contributed by atoms with Crippen LogP contribution in [0.1, 0.15) is 13.8 Å². The fourth-order valence-electron chi connectivity index (χ4n) is 2.57. The van der Waals surface area contributed by atoms with Crippen LogP contribution in [-0.2, 0) is 14.8 Å². The van der Waals surface area contributed by atoms with Crippen molar-refractivity contribution in [2.24, 2.45) is 22.4 Å². The summed E-state index contributed by atoms with van der Waals surface area (Å²) in [4.78, 5) is 12.3. The quantitative estimate of drug-likeness (QED) is 0.862. The number of benzene rings is 1. The van der Waals surface area contributed by atoms with Gasteiger partial charge in [0.1, 0.15) is 4.49 Å². The number of hydrogen-bond acceptors (Lipinski definition) is 3. The molecule has 0 aliphatic heterocycles. The number of allylic oxidation sites excluding steroid dienone is 1. The molecular formula is C14H16Cl2N2O3S. The number of anilines is 1. The molecule has 1 aromatic rings. The Hall–Kier alpha value is -1.08. The summed E-state index contributed by atoms with van der Waals surface area (Å²) in [6, 6.07) is 5.67. The highest BCUT2D eigenvalue weighted by molar-refractivity contribution is 7.89. The molecule has 1 aliphatic carbocycles. The summed E-state index contributed by atoms with van der Waals surface area (Å²) in [6.07, 6.45) is 1.66. The zero-order valence-electron chi connectivity index (χ0n) is 12.0. The van der Waals surface area contributed by atoms with Gasteiger partial charge in [0.2, 0.25) is 15.9 Å². The number of carbonyl (C=O) groups is 1. The standard InChI is InChI=1S/C14H16Cl2N2O3S/c1-14(2)10(7-11(15)16)12(14)13(19)18-8-3-5-9(6-4-8)22(17,20)21/h3-7,10,12H,1-2H3,(H,18,19)(H2,17,20,21)/t10-,12-/m1/s1. The third-order valence-corrected chi connectivity index (χ3v) is 5.13. The van der Waals surface area contributed by atoms with Gasteiger partial charge in [0.15, 0.2) is 0 Å². The highest BCUT2D eigenvalue weighted by Crippen LogP contribution is 2.60. The Morgan fingerprint density at radius 1 is 1.27 bits per heavy atom. The summed E-state index contributed by atoms with van der Waals surface area (Å²) in [5.74, 6) is -0.428. The second-order valence-corrected chi connectivity index (χ2v) is 8.41. The van der Waals surface area contributed by atoms with Gasteiger partial charge < -0.3 is 5.32 Å². The van der Waals surface area contributed by atoms with Gasteiger partial charge in [-0.15, -0.1) is 0 Å². The third kappa shape index (κ3) is 3.63. The van der Waals surface area contributed by atoms with Gasteiger partial charge in [0.25, 0.3) is 0 Å². The number of halogens is 2. The summed E-state index contributed by atoms with van der Waals surface area (Å²) in [6.45, 7) is 3.92. The predicted octanol–water partition coefficient (Wildman–Crippen LogP) is 2.86. The maximum Gasteiger partial charge on any atom is 0.238 e. The van der Waals surface area contributed by atoms with Gasteiger partial charge in [-0.2, -0.15) is 0 Å². The Balaban J connectivity index is 2.09. The van der Waals surface area contributed by atoms with E-state index in [4.69, 9.17) is 28.3 Å². The van der Waals surface area contributed by atoms with E-state index < -0.39 is 10.0 Å². The SMILES string of the molecule is CC1(C)[C@H](C=C(Cl)Cl)[C@@H]1C(=O)Nc1ccc(S(N)(=O)=O)cc1. The molecule has 0 bridgehead atoms. The van der Waals surface area contributed by atoms with Gasteiger partial charge in [-0.25, -0.2) is 13.6 Å². The van der Waals surface area contributed by atoms with E-state index in [1.165, 1.54) is 24.3 Å². The molecule has 5 nitrogen and oxygen atoms in total. The minimum absolute atomic E-state index is 0.00742. The smallest absolute Gasteiger partial charge is 0.238 e. The van der Waals surface area contributed by atoms with Gasteiger partial charge in [-0.3, -0.25) is 4.79 Å². The topological polar surface area (TPSA) is 89.3 Å². The van der Waals surface area contributed by atoms with Crippen LogP contribution in [0.5, 0.6) is 0 Å². The van der Waals surface area contributed by atoms with Crippen molar-refractivity contribution in [1.29, 1.82) is 0 Å². The second kappa shape index (κ2) is 5.85. The van der Waals surface area contributed by atoms with Crippen molar-refractivity contribution in [3.63, 3.8) is 0 Å². The van der Waals surface area contributed by atoms with Gasteiger partial charge in [0, 0.05) is 5.69 Å². The molecule has 0 spiro atoms. The van der Waals surface area contributed by atoms with Gasteiger partial charge in [-0.05, 0) is 41.7 Å². The molecule has 1 aliphatic rings. The minimum Gasteiger partial charge on any atom is -0.326 e. The first-order valence-electron chi connectivity index (χ1n) is 6.50. The van der Waals surface area contributed by atoms with Crippen molar-refractivity contribution in [2.75, 3.05) is 5.32 Å². The van der Waals surface area contributed by atoms with Crippen LogP contribution < -0.4 is 10.5 Å². The van der Waals surface area contributed by atoms with E-state index in [-0.39, 0.29) is 32.5 Å². The van der Waals surface area contributed by atoms with Crippen LogP contribution in [0.2, 0.25) is 0 Å². The molecule has 2 rings (SSSR count). The molecule has 1 saturated carbocycles. The molecule has 0 saturated heterocycles. The number of nitrogens with one attached hydrogen (secondary N) is 1. The molecule has 22 heavy (non-hydrogen) atoms. The molecule has 0 aromatic heterocycles. The Morgan fingerprint density at radius 3 is 2.27 bits per heavy atom. The van der Waals surface area contributed by atoms with Crippen molar-refractivity contribution in [3.8, 4) is 0 Å². The number of amides is 1. The van der Waals surface area contributed by atoms with Crippen LogP contribution in [0.25, 0.3) is 0 Å². The lowest BCUT2D eigenvalue weighted by atomic mass is 10.1. The number of rotatable bonds is 4. The molecular weight excluding hydrogens is 347 g/mol. The maximum absolute atomic E-state index is 12.3. The number of carbonyl (C=O) groups excluding carboxylic acids is 1. The summed E-state index contributed by atoms with van der Waals surface area (Å²) < 4.78 is 22.5. The highest BCUT2D eigenvalue weighted by Gasteiger charge is 2.60. The van der Waals surface area contributed by atoms with Gasteiger partial charge >= 0.3 is 0 Å². The van der Waals surface area contributed by atoms with Crippen molar-refractivity contribution >= 4 is 44.8 Å². The summed E-state index contributed by atoms with van der Waals surface area (Å²) in [5.41, 5.74) is 0.277. The molecule has 1 amide bonds. The molecule has 0 radical (unpaired) electrons. The van der Waals surface area contributed by atoms with Crippen LogP contribution in [0.15, 0.2) is 39.7 Å². The highest BCUT2D eigenvalue weighted by atomic mass is 35.5. The monoisotopic (exact) mass is 362 g/mol. The molecule has 8 heteroatoms. The van der Waals surface area contributed by atoms with Crippen LogP contribution in [0.4, 0.5) is 5.69 Å². The molecule has 1 aromatic carbocycles. The van der Waals surface area contributed by atoms with Crippen molar-refractivity contribution in [2.45, 2.75) is 18.7 Å². The number of hydrogen-bond donors (Lipinski definition) is 2. The molecule has 120 valence electrons. The summed E-state index contributed by atoms with van der Waals surface area (Å²) in [5, 5.41) is 7.77. The fourth-order valence-corrected chi connectivity index (χ4v) is 3.36. The van der Waals surface area contributed by atoms with E-state index in [0.717, 1.165) is 0 Å². The first-order chi connectivity index (χ1) is 10.0. The van der Waals surface area contributed by atoms with E-state index in [1.807, 2.05) is 13.8 Å². The number of primary sulfonamides is 1. The fraction of sp³-hybridized carbons (Fsp3) is 0.357. The van der Waals surface area contributed by atoms with Crippen molar-refractivity contribution < 1.29 is 13.2 Å². The van der Waals surface area contributed by atoms with Crippen LogP contribution in [0, 0.1) is 17.3 Å². The zero-order chi connectivity index (χ0) is 16.7. The van der Waals surface area contributed by atoms with E-state index >= 15 is 0 Å². The van der Waals surface area contributed by atoms with E-state index in [0.29, 0.717) is 5.69 Å². The maximum atomic E-state index is 12.3. The Morgan fingerprint density at radius 2 is 1.82 bits per heavy atom. The minimum atomic E-state index is -3.74. The molecule has 2 atom stereocenters. The first-order valence-corrected chi connectivity index (χ1v) is 8.80. The first kappa shape index (κ1) is 17.3. The van der Waals surface area contributed by atoms with E-state index in [9.17, 15) is 13.2 Å². The Labute approximate surface area is 139 Å². The normalized spacial score (nSPS) is 22.8. The molecule has 0 unspecified atom stereocenters. The lowest BCUT2D eigenvalue weighted by Crippen LogP contribution is -2.17. The Kier molecular flexibility index (Phi) is 4.59. The number of nitrogens with two attached hydrogens (primary N) is 1. The number of sulfonamides is 1. The van der Waals surface area contributed by atoms with Crippen molar-refractivity contribution in [3.05, 3.63) is 34.8 Å². The molecule has 1 fully saturated rings. The van der Waals surface area contributed by atoms with E-state index in [1.54, 1.807) is 6.08 Å². The van der Waals surface area contributed by atoms with E-state index in [2.05, 4.69) is 5.32 Å². The predicted molar refractivity (Wildman–Crippen MR) is 87.0 cm³/mol. The van der Waals surface area contributed by atoms with Crippen molar-refractivity contribution in [1.82, 2.24) is 0 Å².